The van der Waals surface area contributed by atoms with Gasteiger partial charge in [-0.05, 0) is 68.2 Å². The van der Waals surface area contributed by atoms with E-state index in [0.29, 0.717) is 0 Å². The largest absolute Gasteiger partial charge is 0.459 e. The van der Waals surface area contributed by atoms with Gasteiger partial charge >= 0.3 is 11.9 Å². The van der Waals surface area contributed by atoms with Gasteiger partial charge in [-0.1, -0.05) is 95.2 Å². The Kier molecular flexibility index (Phi) is 13.4. The van der Waals surface area contributed by atoms with Gasteiger partial charge in [0.1, 0.15) is 62.0 Å². The number of carbonyl (C=O) groups excluding carboxylic acids is 2. The van der Waals surface area contributed by atoms with E-state index in [1.807, 2.05) is 95.2 Å². The minimum atomic E-state index is -1.87. The molecule has 0 amide bonds. The Hall–Kier alpha value is -2.98. The predicted molar refractivity (Wildman–Crippen MR) is 203 cm³/mol. The fraction of sp³-hybridized carbons (Fsp3) is 0.667. The Bertz CT molecular complexity index is 1480. The average molecular weight is 775 g/mol. The zero-order valence-electron chi connectivity index (χ0n) is 34.2. The zero-order valence-corrected chi connectivity index (χ0v) is 34.2. The third-order valence-corrected chi connectivity index (χ3v) is 10.2. The number of ether oxygens (including phenoxy) is 5. The van der Waals surface area contributed by atoms with Crippen LogP contribution in [-0.4, -0.2) is 117 Å². The highest BCUT2D eigenvalue weighted by molar-refractivity contribution is 5.90. The molecule has 2 aliphatic rings. The smallest absolute Gasteiger partial charge is 0.338 e. The molecule has 2 heterocycles. The molecule has 0 aliphatic carbocycles. The second-order valence-electron chi connectivity index (χ2n) is 19.0. The average Bonchev–Trinajstić information content (AvgIpc) is 3.08. The summed E-state index contributed by atoms with van der Waals surface area (Å²) in [4.78, 5) is 26.6. The van der Waals surface area contributed by atoms with E-state index in [2.05, 4.69) is 0 Å². The molecule has 308 valence electrons. The van der Waals surface area contributed by atoms with Gasteiger partial charge in [0.15, 0.2) is 12.6 Å². The van der Waals surface area contributed by atoms with Crippen molar-refractivity contribution in [3.05, 3.63) is 69.8 Å². The van der Waals surface area contributed by atoms with Gasteiger partial charge in [-0.3, -0.25) is 0 Å². The topological polar surface area (TPSA) is 202 Å². The SMILES string of the molecule is CC(C)(C)c1cc(C(=O)OC[C@H]2O[C@H](O[C@H]3O[C@H](COC(=O)c4cc(C(C)(C)C)cc(C(C)(C)C)c4)[C@@H](O)[C@H](O)[C@H]3O)[C@H](O)[C@@H](O)[C@@H]2O)cc(C(C)(C)C)c1. The maximum absolute atomic E-state index is 13.3. The van der Waals surface area contributed by atoms with Gasteiger partial charge in [0.2, 0.25) is 0 Å². The molecule has 0 bridgehead atoms. The van der Waals surface area contributed by atoms with Gasteiger partial charge in [0.05, 0.1) is 11.1 Å². The minimum absolute atomic E-state index is 0.270. The van der Waals surface area contributed by atoms with Crippen LogP contribution < -0.4 is 0 Å². The van der Waals surface area contributed by atoms with Gasteiger partial charge < -0.3 is 54.3 Å². The molecule has 0 aromatic heterocycles. The minimum Gasteiger partial charge on any atom is -0.459 e. The summed E-state index contributed by atoms with van der Waals surface area (Å²) in [7, 11) is 0. The van der Waals surface area contributed by atoms with Crippen LogP contribution in [0.5, 0.6) is 0 Å². The van der Waals surface area contributed by atoms with Crippen molar-refractivity contribution in [2.75, 3.05) is 13.2 Å². The lowest BCUT2D eigenvalue weighted by molar-refractivity contribution is -0.376. The number of carbonyl (C=O) groups is 2. The van der Waals surface area contributed by atoms with E-state index in [4.69, 9.17) is 23.7 Å². The van der Waals surface area contributed by atoms with Gasteiger partial charge in [0.25, 0.3) is 0 Å². The summed E-state index contributed by atoms with van der Waals surface area (Å²) >= 11 is 0. The highest BCUT2D eigenvalue weighted by Gasteiger charge is 2.50. The molecule has 2 aliphatic heterocycles. The standard InChI is InChI=1S/C42H62O13/c1-39(2,3)23-13-21(14-24(17-23)40(4,5)6)35(49)51-19-27-29(43)31(45)33(47)37(53-27)55-38-34(48)32(46)30(44)28(54-38)20-52-36(50)22-15-25(41(7,8)9)18-26(16-22)42(10,11)12/h13-18,27-34,37-38,43-48H,19-20H2,1-12H3/t27-,28-,29-,30-,31+,32+,33-,34-,37-,38-/m1/s1. The first-order chi connectivity index (χ1) is 25.1. The summed E-state index contributed by atoms with van der Waals surface area (Å²) in [5.41, 5.74) is 3.17. The lowest BCUT2D eigenvalue weighted by Gasteiger charge is -2.44. The summed E-state index contributed by atoms with van der Waals surface area (Å²) in [6.45, 7) is 23.2. The molecular weight excluding hydrogens is 712 g/mol. The van der Waals surface area contributed by atoms with Crippen molar-refractivity contribution >= 4 is 11.9 Å². The summed E-state index contributed by atoms with van der Waals surface area (Å²) in [6, 6.07) is 11.0. The van der Waals surface area contributed by atoms with Crippen LogP contribution in [0.4, 0.5) is 0 Å². The van der Waals surface area contributed by atoms with Crippen molar-refractivity contribution in [2.24, 2.45) is 0 Å². The Morgan fingerprint density at radius 1 is 0.473 bits per heavy atom. The number of hydrogen-bond donors (Lipinski definition) is 6. The van der Waals surface area contributed by atoms with E-state index in [1.165, 1.54) is 0 Å². The lowest BCUT2D eigenvalue weighted by atomic mass is 9.79. The zero-order chi connectivity index (χ0) is 41.6. The van der Waals surface area contributed by atoms with Crippen molar-refractivity contribution in [3.63, 3.8) is 0 Å². The maximum Gasteiger partial charge on any atom is 0.338 e. The van der Waals surface area contributed by atoms with Crippen LogP contribution in [-0.2, 0) is 45.3 Å². The third kappa shape index (κ3) is 10.7. The maximum atomic E-state index is 13.3. The van der Waals surface area contributed by atoms with E-state index in [9.17, 15) is 40.2 Å². The van der Waals surface area contributed by atoms with Crippen molar-refractivity contribution in [1.29, 1.82) is 0 Å². The Morgan fingerprint density at radius 2 is 0.745 bits per heavy atom. The highest BCUT2D eigenvalue weighted by Crippen LogP contribution is 2.33. The van der Waals surface area contributed by atoms with E-state index < -0.39 is 86.6 Å². The van der Waals surface area contributed by atoms with Crippen LogP contribution in [0.3, 0.4) is 0 Å². The fourth-order valence-corrected chi connectivity index (χ4v) is 6.17. The number of benzene rings is 2. The normalized spacial score (nSPS) is 29.5. The van der Waals surface area contributed by atoms with E-state index in [0.717, 1.165) is 22.3 Å². The molecule has 0 unspecified atom stereocenters. The van der Waals surface area contributed by atoms with Crippen LogP contribution >= 0.6 is 0 Å². The molecule has 0 spiro atoms. The molecule has 4 rings (SSSR count). The first-order valence-corrected chi connectivity index (χ1v) is 18.8. The molecule has 2 aromatic rings. The van der Waals surface area contributed by atoms with Gasteiger partial charge in [0, 0.05) is 0 Å². The summed E-state index contributed by atoms with van der Waals surface area (Å²) < 4.78 is 28.2. The van der Waals surface area contributed by atoms with Crippen molar-refractivity contribution in [1.82, 2.24) is 0 Å². The molecule has 13 heteroatoms. The number of hydrogen-bond acceptors (Lipinski definition) is 13. The van der Waals surface area contributed by atoms with Crippen LogP contribution in [0.1, 0.15) is 126 Å². The molecule has 2 saturated heterocycles. The molecule has 2 fully saturated rings. The quantitative estimate of drug-likeness (QED) is 0.213. The summed E-state index contributed by atoms with van der Waals surface area (Å²) in [5.74, 6) is -1.41. The molecule has 10 atom stereocenters. The van der Waals surface area contributed by atoms with E-state index in [-0.39, 0.29) is 32.8 Å². The summed E-state index contributed by atoms with van der Waals surface area (Å²) in [6.07, 6.45) is -17.2. The molecule has 13 nitrogen and oxygen atoms in total. The monoisotopic (exact) mass is 774 g/mol. The van der Waals surface area contributed by atoms with Gasteiger partial charge in [-0.25, -0.2) is 9.59 Å². The van der Waals surface area contributed by atoms with Crippen LogP contribution in [0.25, 0.3) is 0 Å². The van der Waals surface area contributed by atoms with E-state index in [1.54, 1.807) is 24.3 Å². The molecule has 0 saturated carbocycles. The first-order valence-electron chi connectivity index (χ1n) is 18.8. The molecule has 6 N–H and O–H groups in total. The molecule has 55 heavy (non-hydrogen) atoms. The fourth-order valence-electron chi connectivity index (χ4n) is 6.17. The summed E-state index contributed by atoms with van der Waals surface area (Å²) in [5, 5.41) is 64.4. The van der Waals surface area contributed by atoms with Gasteiger partial charge in [-0.15, -0.1) is 0 Å². The number of rotatable bonds is 8. The lowest BCUT2D eigenvalue weighted by Crippen LogP contribution is -2.64. The Morgan fingerprint density at radius 3 is 1.00 bits per heavy atom. The second-order valence-corrected chi connectivity index (χ2v) is 19.0. The molecule has 2 aromatic carbocycles. The number of aliphatic hydroxyl groups is 6. The number of aliphatic hydroxyl groups excluding tert-OH is 6. The van der Waals surface area contributed by atoms with Gasteiger partial charge in [-0.2, -0.15) is 0 Å². The second kappa shape index (κ2) is 16.5. The van der Waals surface area contributed by atoms with Crippen molar-refractivity contribution < 1.29 is 63.9 Å². The van der Waals surface area contributed by atoms with Crippen LogP contribution in [0.2, 0.25) is 0 Å². The molecular formula is C42H62O13. The predicted octanol–water partition coefficient (Wildman–Crippen LogP) is 3.52. The highest BCUT2D eigenvalue weighted by atomic mass is 16.8. The molecule has 0 radical (unpaired) electrons. The Balaban J connectivity index is 1.46. The van der Waals surface area contributed by atoms with E-state index >= 15 is 0 Å². The van der Waals surface area contributed by atoms with Crippen LogP contribution in [0, 0.1) is 0 Å². The Labute approximate surface area is 324 Å². The van der Waals surface area contributed by atoms with Crippen molar-refractivity contribution in [2.45, 2.75) is 166 Å². The van der Waals surface area contributed by atoms with Crippen molar-refractivity contribution in [3.8, 4) is 0 Å². The first kappa shape index (κ1) is 44.7. The third-order valence-electron chi connectivity index (χ3n) is 10.2. The van der Waals surface area contributed by atoms with Crippen LogP contribution in [0.15, 0.2) is 36.4 Å². The number of esters is 2.